The fourth-order valence-corrected chi connectivity index (χ4v) is 3.40. The molecule has 0 unspecified atom stereocenters. The van der Waals surface area contributed by atoms with Crippen molar-refractivity contribution in [2.75, 3.05) is 12.9 Å². The molecule has 3 atom stereocenters. The van der Waals surface area contributed by atoms with E-state index in [1.807, 2.05) is 13.8 Å². The molecule has 1 rings (SSSR count). The Morgan fingerprint density at radius 3 is 2.48 bits per heavy atom. The summed E-state index contributed by atoms with van der Waals surface area (Å²) in [6, 6.07) is -1.17. The molecule has 1 aliphatic carbocycles. The number of esters is 1. The van der Waals surface area contributed by atoms with E-state index in [1.54, 1.807) is 13.0 Å². The monoisotopic (exact) mass is 348 g/mol. The Hall–Kier alpha value is -0.960. The predicted octanol–water partition coefficient (Wildman–Crippen LogP) is 0.699. The Bertz CT molecular complexity index is 528. The fraction of sp³-hybridized carbons (Fsp3) is 0.800. The van der Waals surface area contributed by atoms with Crippen molar-refractivity contribution in [1.29, 1.82) is 0 Å². The lowest BCUT2D eigenvalue weighted by molar-refractivity contribution is -0.139. The first-order chi connectivity index (χ1) is 10.7. The number of carbonyl (C=O) groups excluding carboxylic acids is 1. The van der Waals surface area contributed by atoms with E-state index < -0.39 is 34.2 Å². The number of hydrogen-bond acceptors (Lipinski definition) is 6. The van der Waals surface area contributed by atoms with Gasteiger partial charge in [-0.15, -0.1) is 0 Å². The van der Waals surface area contributed by atoms with Gasteiger partial charge in [-0.05, 0) is 32.3 Å². The highest BCUT2D eigenvalue weighted by Crippen LogP contribution is 2.24. The summed E-state index contributed by atoms with van der Waals surface area (Å²) in [4.78, 5) is 12.0. The molecular formula is C15H28N2O5S. The standard InChI is InChI=1S/C15H28N2O5S/c1-5-11(6-2)22-13-9-10(15(18)21-7-3)8-12(16)14(13)17-23(4,19)20/h9,11-14,17H,5-8,16H2,1-4H3/t12-,13+,14+/m0/s1. The lowest BCUT2D eigenvalue weighted by Crippen LogP contribution is -2.57. The summed E-state index contributed by atoms with van der Waals surface area (Å²) in [7, 11) is -3.44. The van der Waals surface area contributed by atoms with Gasteiger partial charge in [0.15, 0.2) is 0 Å². The molecule has 0 saturated heterocycles. The van der Waals surface area contributed by atoms with Gasteiger partial charge in [0.05, 0.1) is 31.1 Å². The number of ether oxygens (including phenoxy) is 2. The van der Waals surface area contributed by atoms with Crippen molar-refractivity contribution in [2.24, 2.45) is 5.73 Å². The highest BCUT2D eigenvalue weighted by atomic mass is 32.2. The summed E-state index contributed by atoms with van der Waals surface area (Å²) in [5.74, 6) is -0.432. The quantitative estimate of drug-likeness (QED) is 0.625. The molecule has 0 saturated carbocycles. The van der Waals surface area contributed by atoms with Crippen LogP contribution in [-0.4, -0.2) is 51.5 Å². The van der Waals surface area contributed by atoms with Crippen LogP contribution in [0.25, 0.3) is 0 Å². The van der Waals surface area contributed by atoms with Gasteiger partial charge < -0.3 is 15.2 Å². The predicted molar refractivity (Wildman–Crippen MR) is 88.3 cm³/mol. The minimum atomic E-state index is -3.44. The first-order valence-corrected chi connectivity index (χ1v) is 9.87. The van der Waals surface area contributed by atoms with Crippen LogP contribution < -0.4 is 10.5 Å². The minimum Gasteiger partial charge on any atom is -0.463 e. The summed E-state index contributed by atoms with van der Waals surface area (Å²) in [6.45, 7) is 5.99. The van der Waals surface area contributed by atoms with E-state index in [4.69, 9.17) is 15.2 Å². The molecule has 1 aliphatic rings. The van der Waals surface area contributed by atoms with Crippen molar-refractivity contribution in [3.05, 3.63) is 11.6 Å². The van der Waals surface area contributed by atoms with Crippen molar-refractivity contribution in [3.63, 3.8) is 0 Å². The molecule has 134 valence electrons. The third kappa shape index (κ3) is 6.21. The lowest BCUT2D eigenvalue weighted by Gasteiger charge is -2.36. The van der Waals surface area contributed by atoms with Crippen LogP contribution in [0.2, 0.25) is 0 Å². The van der Waals surface area contributed by atoms with E-state index in [0.717, 1.165) is 19.1 Å². The number of rotatable bonds is 8. The zero-order valence-corrected chi connectivity index (χ0v) is 15.1. The Balaban J connectivity index is 3.07. The molecule has 0 radical (unpaired) electrons. The van der Waals surface area contributed by atoms with Gasteiger partial charge in [0, 0.05) is 11.6 Å². The third-order valence-corrected chi connectivity index (χ3v) is 4.48. The lowest BCUT2D eigenvalue weighted by atomic mass is 9.89. The van der Waals surface area contributed by atoms with Crippen LogP contribution >= 0.6 is 0 Å². The fourth-order valence-electron chi connectivity index (χ4n) is 2.60. The maximum absolute atomic E-state index is 12.0. The average molecular weight is 348 g/mol. The van der Waals surface area contributed by atoms with E-state index in [-0.39, 0.29) is 19.1 Å². The summed E-state index contributed by atoms with van der Waals surface area (Å²) in [5, 5.41) is 0. The topological polar surface area (TPSA) is 108 Å². The molecule has 0 aromatic carbocycles. The van der Waals surface area contributed by atoms with Crippen LogP contribution in [0.3, 0.4) is 0 Å². The van der Waals surface area contributed by atoms with E-state index in [9.17, 15) is 13.2 Å². The normalized spacial score (nSPS) is 25.3. The number of hydrogen-bond donors (Lipinski definition) is 2. The van der Waals surface area contributed by atoms with Crippen molar-refractivity contribution in [1.82, 2.24) is 4.72 Å². The molecule has 0 heterocycles. The van der Waals surface area contributed by atoms with Gasteiger partial charge in [0.2, 0.25) is 10.0 Å². The van der Waals surface area contributed by atoms with Crippen molar-refractivity contribution in [3.8, 4) is 0 Å². The van der Waals surface area contributed by atoms with Gasteiger partial charge >= 0.3 is 5.97 Å². The second-order valence-electron chi connectivity index (χ2n) is 5.74. The molecule has 8 heteroatoms. The molecule has 7 nitrogen and oxygen atoms in total. The molecule has 0 aromatic heterocycles. The van der Waals surface area contributed by atoms with Crippen molar-refractivity contribution < 1.29 is 22.7 Å². The van der Waals surface area contributed by atoms with Gasteiger partial charge in [-0.25, -0.2) is 17.9 Å². The summed E-state index contributed by atoms with van der Waals surface area (Å²) in [5.41, 5.74) is 6.54. The smallest absolute Gasteiger partial charge is 0.333 e. The minimum absolute atomic E-state index is 0.0335. The van der Waals surface area contributed by atoms with E-state index >= 15 is 0 Å². The van der Waals surface area contributed by atoms with Crippen LogP contribution in [0, 0.1) is 0 Å². The van der Waals surface area contributed by atoms with Gasteiger partial charge in [0.25, 0.3) is 0 Å². The van der Waals surface area contributed by atoms with Crippen molar-refractivity contribution >= 4 is 16.0 Å². The second-order valence-corrected chi connectivity index (χ2v) is 7.52. The first-order valence-electron chi connectivity index (χ1n) is 7.97. The summed E-state index contributed by atoms with van der Waals surface area (Å²) in [6.07, 6.45) is 3.91. The SMILES string of the molecule is CCOC(=O)C1=C[C@@H](OC(CC)CC)[C@H](NS(C)(=O)=O)[C@@H](N)C1. The maximum Gasteiger partial charge on any atom is 0.333 e. The zero-order valence-electron chi connectivity index (χ0n) is 14.2. The number of nitrogens with two attached hydrogens (primary N) is 1. The van der Waals surface area contributed by atoms with Crippen LogP contribution in [0.4, 0.5) is 0 Å². The largest absolute Gasteiger partial charge is 0.463 e. The van der Waals surface area contributed by atoms with Crippen LogP contribution in [0.15, 0.2) is 11.6 Å². The average Bonchev–Trinajstić information content (AvgIpc) is 2.46. The molecule has 0 spiro atoms. The van der Waals surface area contributed by atoms with Crippen molar-refractivity contribution in [2.45, 2.75) is 64.3 Å². The van der Waals surface area contributed by atoms with E-state index in [2.05, 4.69) is 4.72 Å². The van der Waals surface area contributed by atoms with Gasteiger partial charge in [0.1, 0.15) is 0 Å². The van der Waals surface area contributed by atoms with Gasteiger partial charge in [-0.1, -0.05) is 13.8 Å². The summed E-state index contributed by atoms with van der Waals surface area (Å²) >= 11 is 0. The Kier molecular flexibility index (Phi) is 7.66. The van der Waals surface area contributed by atoms with E-state index in [1.165, 1.54) is 0 Å². The molecule has 0 aliphatic heterocycles. The molecular weight excluding hydrogens is 320 g/mol. The molecule has 0 aromatic rings. The Morgan fingerprint density at radius 2 is 2.00 bits per heavy atom. The van der Waals surface area contributed by atoms with Crippen LogP contribution in [0.5, 0.6) is 0 Å². The molecule has 0 bridgehead atoms. The number of carbonyl (C=O) groups is 1. The third-order valence-electron chi connectivity index (χ3n) is 3.78. The molecule has 3 N–H and O–H groups in total. The summed E-state index contributed by atoms with van der Waals surface area (Å²) < 4.78 is 36.7. The number of sulfonamides is 1. The van der Waals surface area contributed by atoms with Crippen LogP contribution in [0.1, 0.15) is 40.0 Å². The molecule has 23 heavy (non-hydrogen) atoms. The Morgan fingerprint density at radius 1 is 1.39 bits per heavy atom. The first kappa shape index (κ1) is 20.1. The highest BCUT2D eigenvalue weighted by molar-refractivity contribution is 7.88. The molecule has 0 amide bonds. The van der Waals surface area contributed by atoms with E-state index in [0.29, 0.717) is 5.57 Å². The van der Waals surface area contributed by atoms with Gasteiger partial charge in [-0.2, -0.15) is 0 Å². The zero-order chi connectivity index (χ0) is 17.6. The maximum atomic E-state index is 12.0. The second kappa shape index (κ2) is 8.77. The van der Waals surface area contributed by atoms with Crippen LogP contribution in [-0.2, 0) is 24.3 Å². The number of nitrogens with one attached hydrogen (secondary N) is 1. The van der Waals surface area contributed by atoms with Gasteiger partial charge in [-0.3, -0.25) is 0 Å². The Labute approximate surface area is 138 Å². The molecule has 0 fully saturated rings. The highest BCUT2D eigenvalue weighted by Gasteiger charge is 2.36.